The first-order valence-corrected chi connectivity index (χ1v) is 9.70. The molecule has 2 aromatic rings. The van der Waals surface area contributed by atoms with E-state index in [1.807, 2.05) is 31.2 Å². The molecule has 0 saturated heterocycles. The fraction of sp³-hybridized carbons (Fsp3) is 0.263. The van der Waals surface area contributed by atoms with Crippen LogP contribution in [0.15, 0.2) is 58.5 Å². The SMILES string of the molecule is COC(=O)CC1C/C(=N/NS(=O)(=O)c2ccc(C)cc2)c2ccccc21. The van der Waals surface area contributed by atoms with Crippen LogP contribution in [0.1, 0.15) is 35.4 Å². The lowest BCUT2D eigenvalue weighted by molar-refractivity contribution is -0.141. The van der Waals surface area contributed by atoms with E-state index in [-0.39, 0.29) is 23.2 Å². The molecule has 1 aliphatic rings. The fourth-order valence-corrected chi connectivity index (χ4v) is 3.86. The molecule has 1 aliphatic carbocycles. The van der Waals surface area contributed by atoms with E-state index in [0.29, 0.717) is 12.1 Å². The van der Waals surface area contributed by atoms with Crippen LogP contribution in [0.3, 0.4) is 0 Å². The van der Waals surface area contributed by atoms with Gasteiger partial charge in [-0.1, -0.05) is 42.0 Å². The van der Waals surface area contributed by atoms with Crippen molar-refractivity contribution in [2.75, 3.05) is 7.11 Å². The molecule has 0 aliphatic heterocycles. The first-order chi connectivity index (χ1) is 12.4. The molecule has 0 amide bonds. The Hall–Kier alpha value is -2.67. The molecular formula is C19H20N2O4S. The predicted octanol–water partition coefficient (Wildman–Crippen LogP) is 2.73. The highest BCUT2D eigenvalue weighted by Crippen LogP contribution is 2.35. The van der Waals surface area contributed by atoms with Crippen molar-refractivity contribution in [2.24, 2.45) is 5.10 Å². The van der Waals surface area contributed by atoms with E-state index in [4.69, 9.17) is 4.74 Å². The van der Waals surface area contributed by atoms with Crippen molar-refractivity contribution in [3.05, 3.63) is 65.2 Å². The topological polar surface area (TPSA) is 84.8 Å². The molecule has 0 saturated carbocycles. The second-order valence-corrected chi connectivity index (χ2v) is 7.90. The summed E-state index contributed by atoms with van der Waals surface area (Å²) in [6, 6.07) is 14.1. The van der Waals surface area contributed by atoms with Gasteiger partial charge < -0.3 is 4.74 Å². The maximum Gasteiger partial charge on any atom is 0.306 e. The molecule has 0 fully saturated rings. The minimum absolute atomic E-state index is 0.0683. The van der Waals surface area contributed by atoms with Gasteiger partial charge >= 0.3 is 5.97 Å². The van der Waals surface area contributed by atoms with Gasteiger partial charge in [-0.2, -0.15) is 18.4 Å². The molecule has 0 heterocycles. The number of fused-ring (bicyclic) bond motifs is 1. The van der Waals surface area contributed by atoms with Crippen LogP contribution in [0.25, 0.3) is 0 Å². The van der Waals surface area contributed by atoms with Crippen LogP contribution in [0.5, 0.6) is 0 Å². The Morgan fingerprint density at radius 2 is 1.88 bits per heavy atom. The van der Waals surface area contributed by atoms with Gasteiger partial charge in [0.15, 0.2) is 0 Å². The molecule has 0 spiro atoms. The number of nitrogens with zero attached hydrogens (tertiary/aromatic N) is 1. The van der Waals surface area contributed by atoms with Gasteiger partial charge in [-0.25, -0.2) is 0 Å². The molecule has 7 heteroatoms. The van der Waals surface area contributed by atoms with Crippen molar-refractivity contribution in [3.8, 4) is 0 Å². The van der Waals surface area contributed by atoms with Gasteiger partial charge in [-0.05, 0) is 31.0 Å². The number of esters is 1. The number of methoxy groups -OCH3 is 1. The van der Waals surface area contributed by atoms with E-state index in [1.165, 1.54) is 7.11 Å². The van der Waals surface area contributed by atoms with Crippen LogP contribution in [-0.4, -0.2) is 27.2 Å². The average molecular weight is 372 g/mol. The summed E-state index contributed by atoms with van der Waals surface area (Å²) in [6.45, 7) is 1.89. The second kappa shape index (κ2) is 7.29. The third-order valence-electron chi connectivity index (χ3n) is 4.42. The summed E-state index contributed by atoms with van der Waals surface area (Å²) in [5.41, 5.74) is 3.43. The summed E-state index contributed by atoms with van der Waals surface area (Å²) in [5.74, 6) is -0.368. The summed E-state index contributed by atoms with van der Waals surface area (Å²) in [4.78, 5) is 14.1. The highest BCUT2D eigenvalue weighted by atomic mass is 32.2. The van der Waals surface area contributed by atoms with Crippen LogP contribution in [0.2, 0.25) is 0 Å². The van der Waals surface area contributed by atoms with Crippen LogP contribution < -0.4 is 4.83 Å². The van der Waals surface area contributed by atoms with Gasteiger partial charge in [0, 0.05) is 11.5 Å². The fourth-order valence-electron chi connectivity index (χ4n) is 3.03. The summed E-state index contributed by atoms with van der Waals surface area (Å²) in [6.07, 6.45) is 0.710. The highest BCUT2D eigenvalue weighted by Gasteiger charge is 2.30. The van der Waals surface area contributed by atoms with E-state index in [0.717, 1.165) is 16.7 Å². The quantitative estimate of drug-likeness (QED) is 0.646. The van der Waals surface area contributed by atoms with Crippen LogP contribution in [-0.2, 0) is 19.6 Å². The smallest absolute Gasteiger partial charge is 0.306 e. The molecule has 0 bridgehead atoms. The second-order valence-electron chi connectivity index (χ2n) is 6.23. The number of carbonyl (C=O) groups is 1. The predicted molar refractivity (Wildman–Crippen MR) is 98.5 cm³/mol. The number of carbonyl (C=O) groups excluding carboxylic acids is 1. The van der Waals surface area contributed by atoms with Crippen molar-refractivity contribution in [1.82, 2.24) is 4.83 Å². The number of hydrazone groups is 1. The molecule has 1 unspecified atom stereocenters. The lowest BCUT2D eigenvalue weighted by atomic mass is 9.98. The maximum atomic E-state index is 12.4. The Morgan fingerprint density at radius 1 is 1.19 bits per heavy atom. The van der Waals surface area contributed by atoms with Gasteiger partial charge in [0.25, 0.3) is 10.0 Å². The largest absolute Gasteiger partial charge is 0.469 e. The standard InChI is InChI=1S/C19H20N2O4S/c1-13-7-9-15(10-8-13)26(23,24)21-20-18-11-14(12-19(22)25-2)16-5-3-4-6-17(16)18/h3-10,14,21H,11-12H2,1-2H3/b20-18-. The molecule has 136 valence electrons. The van der Waals surface area contributed by atoms with E-state index in [1.54, 1.807) is 24.3 Å². The highest BCUT2D eigenvalue weighted by molar-refractivity contribution is 7.89. The molecule has 6 nitrogen and oxygen atoms in total. The third-order valence-corrected chi connectivity index (χ3v) is 5.65. The van der Waals surface area contributed by atoms with Crippen molar-refractivity contribution in [1.29, 1.82) is 0 Å². The molecule has 2 aromatic carbocycles. The number of hydrogen-bond donors (Lipinski definition) is 1. The molecule has 0 aromatic heterocycles. The lowest BCUT2D eigenvalue weighted by Crippen LogP contribution is -2.20. The van der Waals surface area contributed by atoms with E-state index in [2.05, 4.69) is 9.93 Å². The van der Waals surface area contributed by atoms with Gasteiger partial charge in [-0.15, -0.1) is 0 Å². The zero-order chi connectivity index (χ0) is 18.7. The summed E-state index contributed by atoms with van der Waals surface area (Å²) < 4.78 is 29.6. The zero-order valence-corrected chi connectivity index (χ0v) is 15.4. The van der Waals surface area contributed by atoms with Crippen molar-refractivity contribution < 1.29 is 17.9 Å². The van der Waals surface area contributed by atoms with E-state index >= 15 is 0 Å². The summed E-state index contributed by atoms with van der Waals surface area (Å²) >= 11 is 0. The third kappa shape index (κ3) is 3.77. The number of rotatable bonds is 5. The van der Waals surface area contributed by atoms with Crippen LogP contribution in [0.4, 0.5) is 0 Å². The normalized spacial score (nSPS) is 17.8. The van der Waals surface area contributed by atoms with Crippen molar-refractivity contribution >= 4 is 21.7 Å². The minimum atomic E-state index is -3.74. The Labute approximate surface area is 152 Å². The number of benzene rings is 2. The van der Waals surface area contributed by atoms with Gasteiger partial charge in [-0.3, -0.25) is 4.79 Å². The van der Waals surface area contributed by atoms with Gasteiger partial charge in [0.1, 0.15) is 0 Å². The molecule has 1 atom stereocenters. The van der Waals surface area contributed by atoms with E-state index < -0.39 is 10.0 Å². The molecule has 1 N–H and O–H groups in total. The number of aryl methyl sites for hydroxylation is 1. The molecular weight excluding hydrogens is 352 g/mol. The zero-order valence-electron chi connectivity index (χ0n) is 14.6. The summed E-state index contributed by atoms with van der Waals surface area (Å²) in [5, 5.41) is 4.14. The Morgan fingerprint density at radius 3 is 2.58 bits per heavy atom. The number of hydrogen-bond acceptors (Lipinski definition) is 5. The maximum absolute atomic E-state index is 12.4. The van der Waals surface area contributed by atoms with Gasteiger partial charge in [0.2, 0.25) is 0 Å². The Bertz CT molecular complexity index is 950. The molecule has 26 heavy (non-hydrogen) atoms. The summed E-state index contributed by atoms with van der Waals surface area (Å²) in [7, 11) is -2.39. The Kier molecular flexibility index (Phi) is 5.08. The monoisotopic (exact) mass is 372 g/mol. The van der Waals surface area contributed by atoms with E-state index in [9.17, 15) is 13.2 Å². The first kappa shape index (κ1) is 18.1. The molecule has 3 rings (SSSR count). The number of nitrogens with one attached hydrogen (secondary N) is 1. The van der Waals surface area contributed by atoms with Crippen molar-refractivity contribution in [2.45, 2.75) is 30.6 Å². The van der Waals surface area contributed by atoms with Crippen LogP contribution >= 0.6 is 0 Å². The lowest BCUT2D eigenvalue weighted by Gasteiger charge is -2.08. The number of sulfonamides is 1. The first-order valence-electron chi connectivity index (χ1n) is 8.22. The van der Waals surface area contributed by atoms with Gasteiger partial charge in [0.05, 0.1) is 24.1 Å². The number of ether oxygens (including phenoxy) is 1. The minimum Gasteiger partial charge on any atom is -0.469 e. The van der Waals surface area contributed by atoms with Crippen molar-refractivity contribution in [3.63, 3.8) is 0 Å². The Balaban J connectivity index is 1.85. The molecule has 0 radical (unpaired) electrons. The average Bonchev–Trinajstić information content (AvgIpc) is 2.98. The van der Waals surface area contributed by atoms with Crippen LogP contribution in [0, 0.1) is 6.92 Å².